The second kappa shape index (κ2) is 5.76. The number of methoxy groups -OCH3 is 1. The van der Waals surface area contributed by atoms with E-state index < -0.39 is 21.8 Å². The van der Waals surface area contributed by atoms with Crippen LogP contribution in [0.4, 0.5) is 4.39 Å². The van der Waals surface area contributed by atoms with Crippen molar-refractivity contribution in [2.75, 3.05) is 7.11 Å². The summed E-state index contributed by atoms with van der Waals surface area (Å²) in [6, 6.07) is 10.1. The number of benzene rings is 2. The van der Waals surface area contributed by atoms with Crippen molar-refractivity contribution in [3.63, 3.8) is 0 Å². The van der Waals surface area contributed by atoms with Gasteiger partial charge in [-0.15, -0.1) is 0 Å². The summed E-state index contributed by atoms with van der Waals surface area (Å²) in [5.41, 5.74) is 0.783. The van der Waals surface area contributed by atoms with Gasteiger partial charge in [-0.05, 0) is 36.8 Å². The lowest BCUT2D eigenvalue weighted by molar-refractivity contribution is 0.0603. The molecule has 1 aromatic heterocycles. The average molecular weight is 347 g/mol. The highest BCUT2D eigenvalue weighted by atomic mass is 32.2. The number of aryl methyl sites for hydroxylation is 1. The van der Waals surface area contributed by atoms with Crippen LogP contribution in [0, 0.1) is 12.7 Å². The molecule has 5 nitrogen and oxygen atoms in total. The van der Waals surface area contributed by atoms with E-state index in [1.54, 1.807) is 24.3 Å². The molecule has 24 heavy (non-hydrogen) atoms. The average Bonchev–Trinajstić information content (AvgIpc) is 2.94. The van der Waals surface area contributed by atoms with E-state index in [1.807, 2.05) is 0 Å². The first kappa shape index (κ1) is 16.2. The van der Waals surface area contributed by atoms with Crippen LogP contribution >= 0.6 is 0 Å². The van der Waals surface area contributed by atoms with Crippen LogP contribution in [-0.2, 0) is 14.8 Å². The first-order chi connectivity index (χ1) is 11.4. The minimum Gasteiger partial charge on any atom is -0.465 e. The number of rotatable bonds is 3. The van der Waals surface area contributed by atoms with Crippen LogP contribution in [0.2, 0.25) is 0 Å². The Hall–Kier alpha value is -2.67. The van der Waals surface area contributed by atoms with Crippen molar-refractivity contribution >= 4 is 26.9 Å². The quantitative estimate of drug-likeness (QED) is 0.683. The molecule has 3 aromatic rings. The minimum atomic E-state index is -3.99. The van der Waals surface area contributed by atoms with Crippen LogP contribution in [-0.4, -0.2) is 25.5 Å². The molecule has 3 rings (SSSR count). The second-order valence-electron chi connectivity index (χ2n) is 5.26. The van der Waals surface area contributed by atoms with Crippen molar-refractivity contribution in [3.05, 3.63) is 65.6 Å². The standard InChI is InChI=1S/C17H14FNO4S/c1-11-9-12(18)7-8-16(11)24(21,22)19-10-14(17(20)23-2)13-5-3-4-6-15(13)19/h3-10H,1-2H3. The number of fused-ring (bicyclic) bond motifs is 1. The number of hydrogen-bond acceptors (Lipinski definition) is 4. The molecule has 0 aliphatic carbocycles. The van der Waals surface area contributed by atoms with Crippen LogP contribution in [0.25, 0.3) is 10.9 Å². The van der Waals surface area contributed by atoms with Crippen molar-refractivity contribution < 1.29 is 22.3 Å². The molecule has 0 saturated carbocycles. The molecule has 0 amide bonds. The van der Waals surface area contributed by atoms with E-state index in [0.29, 0.717) is 10.9 Å². The summed E-state index contributed by atoms with van der Waals surface area (Å²) in [7, 11) is -2.76. The zero-order valence-corrected chi connectivity index (χ0v) is 13.8. The molecule has 2 aromatic carbocycles. The molecular formula is C17H14FNO4S. The Labute approximate surface area is 138 Å². The van der Waals surface area contributed by atoms with Gasteiger partial charge in [0, 0.05) is 11.6 Å². The Kier molecular flexibility index (Phi) is 3.88. The Bertz CT molecular complexity index is 1050. The van der Waals surface area contributed by atoms with Crippen molar-refractivity contribution in [1.82, 2.24) is 3.97 Å². The molecule has 1 heterocycles. The maximum Gasteiger partial charge on any atom is 0.340 e. The molecule has 0 N–H and O–H groups in total. The van der Waals surface area contributed by atoms with Gasteiger partial charge in [-0.2, -0.15) is 0 Å². The lowest BCUT2D eigenvalue weighted by Gasteiger charge is -2.10. The third-order valence-electron chi connectivity index (χ3n) is 3.76. The minimum absolute atomic E-state index is 0.0268. The fraction of sp³-hybridized carbons (Fsp3) is 0.118. The van der Waals surface area contributed by atoms with Gasteiger partial charge < -0.3 is 4.74 Å². The normalized spacial score (nSPS) is 11.6. The maximum atomic E-state index is 13.3. The van der Waals surface area contributed by atoms with E-state index in [4.69, 9.17) is 4.74 Å². The van der Waals surface area contributed by atoms with E-state index in [-0.39, 0.29) is 16.0 Å². The molecule has 0 radical (unpaired) electrons. The lowest BCUT2D eigenvalue weighted by atomic mass is 10.2. The van der Waals surface area contributed by atoms with E-state index in [2.05, 4.69) is 0 Å². The highest BCUT2D eigenvalue weighted by Gasteiger charge is 2.25. The molecule has 0 unspecified atom stereocenters. The fourth-order valence-corrected chi connectivity index (χ4v) is 4.21. The van der Waals surface area contributed by atoms with Crippen molar-refractivity contribution in [1.29, 1.82) is 0 Å². The molecule has 0 aliphatic rings. The zero-order chi connectivity index (χ0) is 17.5. The number of aromatic nitrogens is 1. The SMILES string of the molecule is COC(=O)c1cn(S(=O)(=O)c2ccc(F)cc2C)c2ccccc12. The topological polar surface area (TPSA) is 65.4 Å². The Morgan fingerprint density at radius 1 is 1.17 bits per heavy atom. The van der Waals surface area contributed by atoms with Gasteiger partial charge >= 0.3 is 5.97 Å². The van der Waals surface area contributed by atoms with E-state index in [0.717, 1.165) is 16.1 Å². The van der Waals surface area contributed by atoms with Crippen LogP contribution in [0.5, 0.6) is 0 Å². The van der Waals surface area contributed by atoms with Crippen molar-refractivity contribution in [2.45, 2.75) is 11.8 Å². The van der Waals surface area contributed by atoms with Gasteiger partial charge in [0.25, 0.3) is 10.0 Å². The monoisotopic (exact) mass is 347 g/mol. The predicted octanol–water partition coefficient (Wildman–Crippen LogP) is 3.11. The van der Waals surface area contributed by atoms with Gasteiger partial charge in [-0.1, -0.05) is 18.2 Å². The second-order valence-corrected chi connectivity index (χ2v) is 7.05. The highest BCUT2D eigenvalue weighted by Crippen LogP contribution is 2.28. The number of para-hydroxylation sites is 1. The van der Waals surface area contributed by atoms with Crippen LogP contribution in [0.15, 0.2) is 53.6 Å². The first-order valence-corrected chi connectivity index (χ1v) is 8.50. The third kappa shape index (κ3) is 2.46. The summed E-state index contributed by atoms with van der Waals surface area (Å²) in [5.74, 6) is -1.14. The van der Waals surface area contributed by atoms with E-state index >= 15 is 0 Å². The molecular weight excluding hydrogens is 333 g/mol. The summed E-state index contributed by atoms with van der Waals surface area (Å²) in [6.45, 7) is 1.52. The Morgan fingerprint density at radius 2 is 1.88 bits per heavy atom. The number of halogens is 1. The summed E-state index contributed by atoms with van der Waals surface area (Å²) in [4.78, 5) is 11.9. The van der Waals surface area contributed by atoms with E-state index in [1.165, 1.54) is 26.3 Å². The Balaban J connectivity index is 2.31. The fourth-order valence-electron chi connectivity index (χ4n) is 2.63. The molecule has 124 valence electrons. The zero-order valence-electron chi connectivity index (χ0n) is 13.0. The van der Waals surface area contributed by atoms with Gasteiger partial charge in [0.2, 0.25) is 0 Å². The lowest BCUT2D eigenvalue weighted by Crippen LogP contribution is -2.13. The summed E-state index contributed by atoms with van der Waals surface area (Å²) in [5, 5.41) is 0.465. The predicted molar refractivity (Wildman–Crippen MR) is 87.0 cm³/mol. The van der Waals surface area contributed by atoms with E-state index in [9.17, 15) is 17.6 Å². The molecule has 0 spiro atoms. The summed E-state index contributed by atoms with van der Waals surface area (Å²) >= 11 is 0. The third-order valence-corrected chi connectivity index (χ3v) is 5.59. The largest absolute Gasteiger partial charge is 0.465 e. The number of hydrogen-bond donors (Lipinski definition) is 0. The van der Waals surface area contributed by atoms with Crippen LogP contribution in [0.1, 0.15) is 15.9 Å². The highest BCUT2D eigenvalue weighted by molar-refractivity contribution is 7.90. The molecule has 0 fully saturated rings. The number of carbonyl (C=O) groups is 1. The van der Waals surface area contributed by atoms with Crippen molar-refractivity contribution in [2.24, 2.45) is 0 Å². The number of ether oxygens (including phenoxy) is 1. The van der Waals surface area contributed by atoms with Crippen LogP contribution < -0.4 is 0 Å². The van der Waals surface area contributed by atoms with Gasteiger partial charge in [-0.25, -0.2) is 21.6 Å². The molecule has 0 aliphatic heterocycles. The number of esters is 1. The van der Waals surface area contributed by atoms with Crippen LogP contribution in [0.3, 0.4) is 0 Å². The number of carbonyl (C=O) groups excluding carboxylic acids is 1. The first-order valence-electron chi connectivity index (χ1n) is 7.06. The smallest absolute Gasteiger partial charge is 0.340 e. The number of nitrogens with zero attached hydrogens (tertiary/aromatic N) is 1. The molecule has 0 bridgehead atoms. The maximum absolute atomic E-state index is 13.3. The molecule has 0 saturated heterocycles. The van der Waals surface area contributed by atoms with Gasteiger partial charge in [-0.3, -0.25) is 0 Å². The van der Waals surface area contributed by atoms with Gasteiger partial charge in [0.05, 0.1) is 23.1 Å². The molecule has 7 heteroatoms. The van der Waals surface area contributed by atoms with Crippen molar-refractivity contribution in [3.8, 4) is 0 Å². The summed E-state index contributed by atoms with van der Waals surface area (Å²) in [6.07, 6.45) is 1.23. The molecule has 0 atom stereocenters. The van der Waals surface area contributed by atoms with Gasteiger partial charge in [0.15, 0.2) is 0 Å². The summed E-state index contributed by atoms with van der Waals surface area (Å²) < 4.78 is 45.0. The Morgan fingerprint density at radius 3 is 2.54 bits per heavy atom. The van der Waals surface area contributed by atoms with Gasteiger partial charge in [0.1, 0.15) is 5.82 Å².